The lowest BCUT2D eigenvalue weighted by Crippen LogP contribution is -2.28. The van der Waals surface area contributed by atoms with Crippen LogP contribution in [0.15, 0.2) is 24.3 Å². The molecule has 0 heterocycles. The molecule has 5 atom stereocenters. The summed E-state index contributed by atoms with van der Waals surface area (Å²) in [6.45, 7) is 10.4. The molecule has 0 saturated heterocycles. The second-order valence-corrected chi connectivity index (χ2v) is 14.0. The van der Waals surface area contributed by atoms with E-state index in [1.165, 1.54) is 11.1 Å². The van der Waals surface area contributed by atoms with Gasteiger partial charge in [-0.25, -0.2) is 0 Å². The van der Waals surface area contributed by atoms with Gasteiger partial charge in [-0.2, -0.15) is 0 Å². The number of carboxylic acid groups (broad SMARTS) is 1. The predicted octanol–water partition coefficient (Wildman–Crippen LogP) is 8.87. The summed E-state index contributed by atoms with van der Waals surface area (Å²) in [5, 5.41) is 19.0. The van der Waals surface area contributed by atoms with Crippen molar-refractivity contribution in [2.45, 2.75) is 143 Å². The van der Waals surface area contributed by atoms with Crippen molar-refractivity contribution in [2.24, 2.45) is 22.7 Å². The van der Waals surface area contributed by atoms with Crippen LogP contribution >= 0.6 is 0 Å². The molecule has 2 N–H and O–H groups in total. The summed E-state index contributed by atoms with van der Waals surface area (Å²) in [6, 6.07) is 8.50. The number of hydrogen-bond donors (Lipinski definition) is 2. The van der Waals surface area contributed by atoms with E-state index in [-0.39, 0.29) is 29.8 Å². The minimum absolute atomic E-state index is 0.0105. The van der Waals surface area contributed by atoms with Gasteiger partial charge in [0.15, 0.2) is 0 Å². The van der Waals surface area contributed by atoms with E-state index >= 15 is 0 Å². The number of aliphatic carboxylic acids is 1. The predicted molar refractivity (Wildman–Crippen MR) is 167 cm³/mol. The smallest absolute Gasteiger partial charge is 0.309 e. The molecule has 5 unspecified atom stereocenters. The van der Waals surface area contributed by atoms with Crippen LogP contribution in [-0.4, -0.2) is 34.9 Å². The van der Waals surface area contributed by atoms with Crippen molar-refractivity contribution < 1.29 is 24.6 Å². The lowest BCUT2D eigenvalue weighted by molar-refractivity contribution is -0.148. The fourth-order valence-corrected chi connectivity index (χ4v) is 6.56. The quantitative estimate of drug-likeness (QED) is 0.121. The molecule has 232 valence electrons. The van der Waals surface area contributed by atoms with E-state index < -0.39 is 11.4 Å². The molecule has 0 aliphatic heterocycles. The van der Waals surface area contributed by atoms with E-state index in [2.05, 4.69) is 45.0 Å². The molecule has 1 aromatic carbocycles. The highest BCUT2D eigenvalue weighted by atomic mass is 16.4. The van der Waals surface area contributed by atoms with E-state index in [0.29, 0.717) is 24.5 Å². The van der Waals surface area contributed by atoms with Crippen molar-refractivity contribution in [3.8, 4) is 0 Å². The van der Waals surface area contributed by atoms with Gasteiger partial charge in [-0.1, -0.05) is 90.5 Å². The Balaban J connectivity index is 1.88. The second kappa shape index (κ2) is 17.2. The van der Waals surface area contributed by atoms with E-state index in [9.17, 15) is 24.6 Å². The third-order valence-electron chi connectivity index (χ3n) is 10.0. The Labute approximate surface area is 249 Å². The summed E-state index contributed by atoms with van der Waals surface area (Å²) >= 11 is 0. The molecule has 0 spiro atoms. The molecule has 1 fully saturated rings. The Morgan fingerprint density at radius 3 is 2.34 bits per heavy atom. The van der Waals surface area contributed by atoms with Crippen LogP contribution in [0.2, 0.25) is 0 Å². The van der Waals surface area contributed by atoms with E-state index in [1.54, 1.807) is 0 Å². The number of hydrogen-bond acceptors (Lipinski definition) is 4. The fourth-order valence-electron chi connectivity index (χ4n) is 6.56. The molecule has 0 radical (unpaired) electrons. The lowest BCUT2D eigenvalue weighted by atomic mass is 9.72. The van der Waals surface area contributed by atoms with Gasteiger partial charge in [0.2, 0.25) is 0 Å². The Kier molecular flexibility index (Phi) is 14.8. The Bertz CT molecular complexity index is 953. The zero-order valence-electron chi connectivity index (χ0n) is 26.6. The van der Waals surface area contributed by atoms with Crippen LogP contribution in [-0.2, 0) is 14.4 Å². The monoisotopic (exact) mass is 570 g/mol. The molecule has 2 rings (SSSR count). The molecule has 0 bridgehead atoms. The van der Waals surface area contributed by atoms with Crippen LogP contribution in [0.5, 0.6) is 0 Å². The van der Waals surface area contributed by atoms with E-state index in [0.717, 1.165) is 89.8 Å². The van der Waals surface area contributed by atoms with Crippen molar-refractivity contribution in [1.82, 2.24) is 0 Å². The molecule has 1 aliphatic rings. The van der Waals surface area contributed by atoms with Gasteiger partial charge < -0.3 is 15.0 Å². The van der Waals surface area contributed by atoms with Gasteiger partial charge in [-0.05, 0) is 87.2 Å². The first-order valence-electron chi connectivity index (χ1n) is 16.4. The molecular formula is C36H58O5. The minimum Gasteiger partial charge on any atom is -0.481 e. The van der Waals surface area contributed by atoms with Crippen molar-refractivity contribution in [3.63, 3.8) is 0 Å². The number of unbranched alkanes of at least 4 members (excludes halogenated alkanes) is 2. The highest BCUT2D eigenvalue weighted by Crippen LogP contribution is 2.40. The number of aliphatic hydroxyl groups is 1. The van der Waals surface area contributed by atoms with Gasteiger partial charge in [0.25, 0.3) is 0 Å². The van der Waals surface area contributed by atoms with Crippen molar-refractivity contribution >= 4 is 18.0 Å². The van der Waals surface area contributed by atoms with Crippen molar-refractivity contribution in [3.05, 3.63) is 35.4 Å². The number of ketones is 1. The molecule has 5 nitrogen and oxygen atoms in total. The molecule has 5 heteroatoms. The summed E-state index contributed by atoms with van der Waals surface area (Å²) in [5.41, 5.74) is 1.78. The summed E-state index contributed by atoms with van der Waals surface area (Å²) in [5.74, 6) is 0.175. The van der Waals surface area contributed by atoms with Crippen LogP contribution in [0.3, 0.4) is 0 Å². The van der Waals surface area contributed by atoms with Crippen molar-refractivity contribution in [1.29, 1.82) is 0 Å². The van der Waals surface area contributed by atoms with Crippen LogP contribution in [0.4, 0.5) is 0 Å². The molecule has 1 aromatic rings. The number of aliphatic hydroxyl groups excluding tert-OH is 1. The summed E-state index contributed by atoms with van der Waals surface area (Å²) < 4.78 is 0. The number of carbonyl (C=O) groups is 3. The minimum atomic E-state index is -0.731. The third kappa shape index (κ3) is 11.0. The zero-order valence-corrected chi connectivity index (χ0v) is 26.6. The van der Waals surface area contributed by atoms with Gasteiger partial charge in [-0.3, -0.25) is 9.59 Å². The highest BCUT2D eigenvalue weighted by molar-refractivity contribution is 5.89. The summed E-state index contributed by atoms with van der Waals surface area (Å²) in [4.78, 5) is 36.9. The molecule has 0 aromatic heterocycles. The highest BCUT2D eigenvalue weighted by Gasteiger charge is 2.34. The standard InChI is InChI=1S/C36H58O5/c1-6-36(5,34(40)41)24-12-9-16-28(25-37)17-13-15-27(2)30-20-7-8-21-31(30)32-22-14-19-29(33(32)39)18-10-11-23-35(3,4)26-38/h7-8,20-21,25,27-29,32,38H,6,9-19,22-24,26H2,1-5H3,(H,40,41). The first-order chi connectivity index (χ1) is 19.5. The van der Waals surface area contributed by atoms with Crippen molar-refractivity contribution in [2.75, 3.05) is 6.61 Å². The second-order valence-electron chi connectivity index (χ2n) is 14.0. The van der Waals surface area contributed by atoms with Crippen LogP contribution in [0, 0.1) is 22.7 Å². The molecule has 41 heavy (non-hydrogen) atoms. The number of carboxylic acids is 1. The van der Waals surface area contributed by atoms with Gasteiger partial charge >= 0.3 is 5.97 Å². The maximum Gasteiger partial charge on any atom is 0.309 e. The Morgan fingerprint density at radius 2 is 1.68 bits per heavy atom. The summed E-state index contributed by atoms with van der Waals surface area (Å²) in [6.07, 6.45) is 14.8. The van der Waals surface area contributed by atoms with Crippen LogP contribution < -0.4 is 0 Å². The largest absolute Gasteiger partial charge is 0.481 e. The first-order valence-corrected chi connectivity index (χ1v) is 16.4. The summed E-state index contributed by atoms with van der Waals surface area (Å²) in [7, 11) is 0. The average Bonchev–Trinajstić information content (AvgIpc) is 2.96. The average molecular weight is 571 g/mol. The Hall–Kier alpha value is -2.01. The molecule has 1 aliphatic carbocycles. The number of Topliss-reactive ketones (excluding diaryl/α,β-unsaturated/α-hetero) is 1. The normalized spacial score (nSPS) is 20.8. The van der Waals surface area contributed by atoms with Crippen LogP contribution in [0.1, 0.15) is 154 Å². The topological polar surface area (TPSA) is 91.7 Å². The van der Waals surface area contributed by atoms with E-state index in [4.69, 9.17) is 0 Å². The SMILES string of the molecule is CCC(C)(CCCCC(C=O)CCCC(C)c1ccccc1C1CCCC(CCCCC(C)(C)CO)C1=O)C(=O)O. The molecule has 1 saturated carbocycles. The number of carbonyl (C=O) groups excluding carboxylic acids is 2. The van der Waals surface area contributed by atoms with Gasteiger partial charge in [0, 0.05) is 24.4 Å². The molecular weight excluding hydrogens is 512 g/mol. The van der Waals surface area contributed by atoms with Crippen LogP contribution in [0.25, 0.3) is 0 Å². The Morgan fingerprint density at radius 1 is 1.00 bits per heavy atom. The molecule has 0 amide bonds. The van der Waals surface area contributed by atoms with Gasteiger partial charge in [-0.15, -0.1) is 0 Å². The van der Waals surface area contributed by atoms with E-state index in [1.807, 2.05) is 13.8 Å². The number of aldehydes is 1. The number of rotatable bonds is 20. The maximum absolute atomic E-state index is 13.6. The fraction of sp³-hybridized carbons (Fsp3) is 0.750. The number of benzene rings is 1. The zero-order chi connectivity index (χ0) is 30.5. The van der Waals surface area contributed by atoms with Gasteiger partial charge in [0.1, 0.15) is 12.1 Å². The van der Waals surface area contributed by atoms with Gasteiger partial charge in [0.05, 0.1) is 5.41 Å². The lowest BCUT2D eigenvalue weighted by Gasteiger charge is -2.31. The maximum atomic E-state index is 13.6. The third-order valence-corrected chi connectivity index (χ3v) is 10.0. The first kappa shape index (κ1) is 35.2.